The highest BCUT2D eigenvalue weighted by atomic mass is 32.2. The molecule has 1 heterocycles. The highest BCUT2D eigenvalue weighted by Gasteiger charge is 2.27. The number of benzene rings is 2. The van der Waals surface area contributed by atoms with Crippen LogP contribution in [0.15, 0.2) is 59.8 Å². The van der Waals surface area contributed by atoms with Crippen LogP contribution in [0.4, 0.5) is 0 Å². The third kappa shape index (κ3) is 3.70. The van der Waals surface area contributed by atoms with Gasteiger partial charge in [0.2, 0.25) is 11.1 Å². The van der Waals surface area contributed by atoms with Crippen LogP contribution in [0.5, 0.6) is 5.75 Å². The van der Waals surface area contributed by atoms with Crippen LogP contribution in [0, 0.1) is 0 Å². The molecule has 1 aromatic heterocycles. The molecule has 0 fully saturated rings. The molecule has 0 spiro atoms. The number of amides is 1. The molecule has 26 heavy (non-hydrogen) atoms. The standard InChI is InChI=1S/C18H19N5O2S/c1-22(2)17(24)16(13-9-5-4-6-10-13)26-18-19-20-21-23(18)14-11-7-8-12-15(14)25-3/h4-12,16H,1-3H3. The molecule has 1 atom stereocenters. The molecule has 0 saturated heterocycles. The third-order valence-electron chi connectivity index (χ3n) is 3.74. The Kier molecular flexibility index (Phi) is 5.52. The van der Waals surface area contributed by atoms with Gasteiger partial charge >= 0.3 is 0 Å². The van der Waals surface area contributed by atoms with Gasteiger partial charge in [-0.3, -0.25) is 4.79 Å². The van der Waals surface area contributed by atoms with Gasteiger partial charge in [-0.1, -0.05) is 54.2 Å². The summed E-state index contributed by atoms with van der Waals surface area (Å²) in [6.07, 6.45) is 0. The van der Waals surface area contributed by atoms with Crippen molar-refractivity contribution in [1.29, 1.82) is 0 Å². The Morgan fingerprint density at radius 2 is 1.81 bits per heavy atom. The number of rotatable bonds is 6. The number of aromatic nitrogens is 4. The maximum absolute atomic E-state index is 12.7. The van der Waals surface area contributed by atoms with Crippen LogP contribution >= 0.6 is 11.8 Å². The fourth-order valence-electron chi connectivity index (χ4n) is 2.44. The topological polar surface area (TPSA) is 73.1 Å². The number of ether oxygens (including phenoxy) is 1. The average molecular weight is 369 g/mol. The van der Waals surface area contributed by atoms with E-state index in [4.69, 9.17) is 4.74 Å². The van der Waals surface area contributed by atoms with Crippen LogP contribution in [0.3, 0.4) is 0 Å². The summed E-state index contributed by atoms with van der Waals surface area (Å²) in [6.45, 7) is 0. The molecule has 3 rings (SSSR count). The van der Waals surface area contributed by atoms with Crippen molar-refractivity contribution in [3.05, 3.63) is 60.2 Å². The van der Waals surface area contributed by atoms with E-state index in [1.165, 1.54) is 11.8 Å². The smallest absolute Gasteiger partial charge is 0.240 e. The van der Waals surface area contributed by atoms with Gasteiger partial charge < -0.3 is 9.64 Å². The molecule has 0 radical (unpaired) electrons. The molecule has 2 aromatic carbocycles. The van der Waals surface area contributed by atoms with Gasteiger partial charge in [-0.05, 0) is 28.1 Å². The second-order valence-corrected chi connectivity index (χ2v) is 6.76. The molecule has 7 nitrogen and oxygen atoms in total. The number of methoxy groups -OCH3 is 1. The summed E-state index contributed by atoms with van der Waals surface area (Å²) in [7, 11) is 5.07. The van der Waals surface area contributed by atoms with Gasteiger partial charge in [0, 0.05) is 14.1 Å². The molecular formula is C18H19N5O2S. The van der Waals surface area contributed by atoms with E-state index < -0.39 is 5.25 Å². The first-order valence-electron chi connectivity index (χ1n) is 7.96. The number of hydrogen-bond acceptors (Lipinski definition) is 6. The van der Waals surface area contributed by atoms with Crippen molar-refractivity contribution in [3.63, 3.8) is 0 Å². The maximum Gasteiger partial charge on any atom is 0.240 e. The number of likely N-dealkylation sites (N-methyl/N-ethyl adjacent to an activating group) is 1. The zero-order valence-electron chi connectivity index (χ0n) is 14.7. The largest absolute Gasteiger partial charge is 0.494 e. The van der Waals surface area contributed by atoms with Crippen LogP contribution in [-0.2, 0) is 4.79 Å². The van der Waals surface area contributed by atoms with Gasteiger partial charge in [0.1, 0.15) is 16.7 Å². The van der Waals surface area contributed by atoms with Gasteiger partial charge in [-0.2, -0.15) is 4.68 Å². The fourth-order valence-corrected chi connectivity index (χ4v) is 3.57. The molecule has 1 unspecified atom stereocenters. The summed E-state index contributed by atoms with van der Waals surface area (Å²) in [5.74, 6) is 0.618. The second kappa shape index (κ2) is 8.01. The van der Waals surface area contributed by atoms with Crippen molar-refractivity contribution in [3.8, 4) is 11.4 Å². The molecule has 1 amide bonds. The molecule has 0 aliphatic heterocycles. The lowest BCUT2D eigenvalue weighted by Crippen LogP contribution is -2.27. The van der Waals surface area contributed by atoms with Crippen molar-refractivity contribution >= 4 is 17.7 Å². The zero-order valence-corrected chi connectivity index (χ0v) is 15.6. The predicted octanol–water partition coefficient (Wildman–Crippen LogP) is 2.59. The first kappa shape index (κ1) is 17.9. The van der Waals surface area contributed by atoms with Crippen LogP contribution in [-0.4, -0.2) is 52.2 Å². The molecule has 8 heteroatoms. The summed E-state index contributed by atoms with van der Waals surface area (Å²) in [5.41, 5.74) is 1.61. The Balaban J connectivity index is 1.99. The van der Waals surface area contributed by atoms with Crippen molar-refractivity contribution < 1.29 is 9.53 Å². The van der Waals surface area contributed by atoms with Crippen molar-refractivity contribution in [2.75, 3.05) is 21.2 Å². The van der Waals surface area contributed by atoms with E-state index in [0.29, 0.717) is 16.6 Å². The molecule has 0 saturated carbocycles. The summed E-state index contributed by atoms with van der Waals surface area (Å²) in [6, 6.07) is 17.1. The number of thioether (sulfide) groups is 1. The molecule has 3 aromatic rings. The SMILES string of the molecule is COc1ccccc1-n1nnnc1SC(C(=O)N(C)C)c1ccccc1. The number of hydrogen-bond donors (Lipinski definition) is 0. The Morgan fingerprint density at radius 3 is 2.50 bits per heavy atom. The van der Waals surface area contributed by atoms with Crippen molar-refractivity contribution in [2.45, 2.75) is 10.4 Å². The van der Waals surface area contributed by atoms with Gasteiger partial charge in [0.05, 0.1) is 7.11 Å². The van der Waals surface area contributed by atoms with Crippen molar-refractivity contribution in [1.82, 2.24) is 25.1 Å². The van der Waals surface area contributed by atoms with E-state index in [1.807, 2.05) is 54.6 Å². The summed E-state index contributed by atoms with van der Waals surface area (Å²) in [4.78, 5) is 14.3. The summed E-state index contributed by atoms with van der Waals surface area (Å²) >= 11 is 1.31. The Hall–Kier alpha value is -2.87. The molecule has 134 valence electrons. The van der Waals surface area contributed by atoms with E-state index in [2.05, 4.69) is 15.5 Å². The van der Waals surface area contributed by atoms with E-state index in [9.17, 15) is 4.79 Å². The minimum atomic E-state index is -0.453. The summed E-state index contributed by atoms with van der Waals surface area (Å²) in [5, 5.41) is 12.0. The highest BCUT2D eigenvalue weighted by Crippen LogP contribution is 2.36. The zero-order chi connectivity index (χ0) is 18.5. The van der Waals surface area contributed by atoms with Gasteiger partial charge in [-0.25, -0.2) is 0 Å². The second-order valence-electron chi connectivity index (χ2n) is 5.69. The molecule has 0 aliphatic rings. The lowest BCUT2D eigenvalue weighted by molar-refractivity contribution is -0.128. The van der Waals surface area contributed by atoms with E-state index in [-0.39, 0.29) is 5.91 Å². The molecule has 0 aliphatic carbocycles. The average Bonchev–Trinajstić information content (AvgIpc) is 3.14. The molecule has 0 bridgehead atoms. The minimum absolute atomic E-state index is 0.0317. The lowest BCUT2D eigenvalue weighted by Gasteiger charge is -2.20. The normalized spacial score (nSPS) is 11.8. The van der Waals surface area contributed by atoms with Crippen molar-refractivity contribution in [2.24, 2.45) is 0 Å². The quantitative estimate of drug-likeness (QED) is 0.622. The fraction of sp³-hybridized carbons (Fsp3) is 0.222. The van der Waals surface area contributed by atoms with Crippen LogP contribution in [0.2, 0.25) is 0 Å². The van der Waals surface area contributed by atoms with E-state index in [0.717, 1.165) is 5.56 Å². The Morgan fingerprint density at radius 1 is 1.12 bits per heavy atom. The van der Waals surface area contributed by atoms with Gasteiger partial charge in [0.25, 0.3) is 0 Å². The van der Waals surface area contributed by atoms with Crippen LogP contribution < -0.4 is 4.74 Å². The molecule has 0 N–H and O–H groups in total. The first-order chi connectivity index (χ1) is 12.6. The number of carbonyl (C=O) groups is 1. The number of nitrogens with zero attached hydrogens (tertiary/aromatic N) is 5. The number of para-hydroxylation sites is 2. The predicted molar refractivity (Wildman–Crippen MR) is 99.4 cm³/mol. The van der Waals surface area contributed by atoms with E-state index in [1.54, 1.807) is 30.8 Å². The van der Waals surface area contributed by atoms with Gasteiger partial charge in [0.15, 0.2) is 0 Å². The number of tetrazole rings is 1. The third-order valence-corrected chi connectivity index (χ3v) is 4.92. The highest BCUT2D eigenvalue weighted by molar-refractivity contribution is 8.00. The number of carbonyl (C=O) groups excluding carboxylic acids is 1. The monoisotopic (exact) mass is 369 g/mol. The molecular weight excluding hydrogens is 350 g/mol. The van der Waals surface area contributed by atoms with Crippen LogP contribution in [0.1, 0.15) is 10.8 Å². The minimum Gasteiger partial charge on any atom is -0.494 e. The van der Waals surface area contributed by atoms with Crippen LogP contribution in [0.25, 0.3) is 5.69 Å². The lowest BCUT2D eigenvalue weighted by atomic mass is 10.1. The Labute approximate surface area is 156 Å². The maximum atomic E-state index is 12.7. The Bertz CT molecular complexity index is 882. The van der Waals surface area contributed by atoms with E-state index >= 15 is 0 Å². The first-order valence-corrected chi connectivity index (χ1v) is 8.84. The van der Waals surface area contributed by atoms with Gasteiger partial charge in [-0.15, -0.1) is 5.10 Å². The summed E-state index contributed by atoms with van der Waals surface area (Å²) < 4.78 is 6.98.